The van der Waals surface area contributed by atoms with E-state index in [4.69, 9.17) is 14.2 Å². The largest absolute Gasteiger partial charge is 0.486 e. The lowest BCUT2D eigenvalue weighted by atomic mass is 10.2. The van der Waals surface area contributed by atoms with Crippen LogP contribution in [0.15, 0.2) is 82.6 Å². The number of nitrogens with zero attached hydrogens (tertiary/aromatic N) is 2. The highest BCUT2D eigenvalue weighted by Gasteiger charge is 2.29. The van der Waals surface area contributed by atoms with Crippen molar-refractivity contribution in [3.63, 3.8) is 0 Å². The lowest BCUT2D eigenvalue weighted by Crippen LogP contribution is -2.38. The molecule has 0 radical (unpaired) electrons. The van der Waals surface area contributed by atoms with E-state index >= 15 is 0 Å². The molecule has 5 rings (SSSR count). The Labute approximate surface area is 228 Å². The number of carbonyl (C=O) groups excluding carboxylic acids is 1. The average molecular weight is 576 g/mol. The van der Waals surface area contributed by atoms with Gasteiger partial charge in [-0.2, -0.15) is 4.31 Å². The molecular formula is C26H29N3O8S2. The van der Waals surface area contributed by atoms with Crippen LogP contribution in [0, 0.1) is 0 Å². The normalized spacial score (nSPS) is 16.4. The molecule has 13 heteroatoms. The Balaban J connectivity index is 1.36. The summed E-state index contributed by atoms with van der Waals surface area (Å²) in [6, 6.07) is 18.7. The molecule has 3 aromatic rings. The molecule has 2 aliphatic rings. The van der Waals surface area contributed by atoms with E-state index in [1.165, 1.54) is 30.3 Å². The second kappa shape index (κ2) is 11.4. The number of amides is 1. The van der Waals surface area contributed by atoms with E-state index in [0.29, 0.717) is 61.6 Å². The van der Waals surface area contributed by atoms with E-state index in [2.05, 4.69) is 5.32 Å². The minimum atomic E-state index is -4.11. The monoisotopic (exact) mass is 575 g/mol. The van der Waals surface area contributed by atoms with Gasteiger partial charge >= 0.3 is 0 Å². The van der Waals surface area contributed by atoms with Gasteiger partial charge in [-0.15, -0.1) is 10.8 Å². The Morgan fingerprint density at radius 1 is 0.846 bits per heavy atom. The molecule has 0 spiro atoms. The van der Waals surface area contributed by atoms with Gasteiger partial charge in [0.2, 0.25) is 5.91 Å². The summed E-state index contributed by atoms with van der Waals surface area (Å²) in [7, 11) is -7.30. The zero-order valence-corrected chi connectivity index (χ0v) is 22.6. The van der Waals surface area contributed by atoms with E-state index in [0.717, 1.165) is 4.31 Å². The van der Waals surface area contributed by atoms with E-state index in [1.807, 2.05) is 0 Å². The molecule has 0 atom stereocenters. The van der Waals surface area contributed by atoms with E-state index in [-0.39, 0.29) is 10.6 Å². The van der Waals surface area contributed by atoms with E-state index in [9.17, 15) is 22.3 Å². The van der Waals surface area contributed by atoms with Gasteiger partial charge in [-0.05, 0) is 48.5 Å². The van der Waals surface area contributed by atoms with Gasteiger partial charge in [-0.25, -0.2) is 8.42 Å². The van der Waals surface area contributed by atoms with Gasteiger partial charge in [0.05, 0.1) is 28.7 Å². The highest BCUT2D eigenvalue weighted by atomic mass is 32.3. The molecule has 0 aliphatic carbocycles. The number of ether oxygens (including phenoxy) is 3. The quantitative estimate of drug-likeness (QED) is 0.367. The maximum Gasteiger partial charge on any atom is 0.264 e. The second-order valence-electron chi connectivity index (χ2n) is 8.79. The van der Waals surface area contributed by atoms with Gasteiger partial charge in [0, 0.05) is 24.8 Å². The van der Waals surface area contributed by atoms with Crippen LogP contribution in [-0.2, 0) is 19.6 Å². The Morgan fingerprint density at radius 2 is 1.51 bits per heavy atom. The first kappa shape index (κ1) is 27.2. The van der Waals surface area contributed by atoms with Crippen molar-refractivity contribution >= 4 is 38.1 Å². The Hall–Kier alpha value is -3.33. The van der Waals surface area contributed by atoms with Crippen molar-refractivity contribution in [1.29, 1.82) is 0 Å². The standard InChI is InChI=1S/C26H29N3O8S2/c30-26(27-20-6-9-23(10-7-20)38(31,32)28-12-14-35-15-13-28)19-29(39(33,34)22-4-2-1-3-5-22)21-8-11-24-25(18-21)37-17-16-36-24/h1-11,18,31-32H,12-17,19H2,(H,27,30). The average Bonchev–Trinajstić information content (AvgIpc) is 2.97. The van der Waals surface area contributed by atoms with Crippen molar-refractivity contribution in [2.45, 2.75) is 9.79 Å². The smallest absolute Gasteiger partial charge is 0.264 e. The van der Waals surface area contributed by atoms with Crippen LogP contribution in [-0.4, -0.2) is 73.8 Å². The summed E-state index contributed by atoms with van der Waals surface area (Å²) in [5.74, 6) is 0.300. The fourth-order valence-electron chi connectivity index (χ4n) is 4.22. The van der Waals surface area contributed by atoms with Gasteiger partial charge in [0.25, 0.3) is 10.0 Å². The van der Waals surface area contributed by atoms with Crippen LogP contribution < -0.4 is 19.1 Å². The summed E-state index contributed by atoms with van der Waals surface area (Å²) in [6.07, 6.45) is 0. The molecule has 11 nitrogen and oxygen atoms in total. The van der Waals surface area contributed by atoms with Gasteiger partial charge in [0.15, 0.2) is 11.5 Å². The number of hydrogen-bond donors (Lipinski definition) is 3. The van der Waals surface area contributed by atoms with Crippen molar-refractivity contribution in [2.75, 3.05) is 55.7 Å². The Morgan fingerprint density at radius 3 is 2.21 bits per heavy atom. The summed E-state index contributed by atoms with van der Waals surface area (Å²) in [5, 5.41) is 2.70. The first-order valence-corrected chi connectivity index (χ1v) is 15.2. The van der Waals surface area contributed by atoms with Crippen LogP contribution in [0.3, 0.4) is 0 Å². The van der Waals surface area contributed by atoms with Gasteiger partial charge < -0.3 is 19.5 Å². The summed E-state index contributed by atoms with van der Waals surface area (Å²) in [6.45, 7) is 1.82. The lowest BCUT2D eigenvalue weighted by Gasteiger charge is -2.44. The zero-order chi connectivity index (χ0) is 27.5. The van der Waals surface area contributed by atoms with Gasteiger partial charge in [-0.1, -0.05) is 18.2 Å². The van der Waals surface area contributed by atoms with Crippen molar-refractivity contribution in [1.82, 2.24) is 4.31 Å². The van der Waals surface area contributed by atoms with E-state index < -0.39 is 33.3 Å². The van der Waals surface area contributed by atoms with Gasteiger partial charge in [-0.3, -0.25) is 18.2 Å². The Bertz CT molecular complexity index is 1410. The molecule has 2 aliphatic heterocycles. The topological polar surface area (TPSA) is 138 Å². The first-order chi connectivity index (χ1) is 18.7. The number of benzene rings is 3. The molecule has 2 heterocycles. The predicted molar refractivity (Wildman–Crippen MR) is 147 cm³/mol. The molecule has 39 heavy (non-hydrogen) atoms. The van der Waals surface area contributed by atoms with Crippen LogP contribution in [0.4, 0.5) is 11.4 Å². The number of morpholine rings is 1. The summed E-state index contributed by atoms with van der Waals surface area (Å²) >= 11 is 0. The van der Waals surface area contributed by atoms with Crippen LogP contribution >= 0.6 is 10.8 Å². The minimum Gasteiger partial charge on any atom is -0.486 e. The van der Waals surface area contributed by atoms with Crippen molar-refractivity contribution < 1.29 is 36.5 Å². The minimum absolute atomic E-state index is 0.0327. The number of sulfonamides is 1. The van der Waals surface area contributed by atoms with Gasteiger partial charge in [0.1, 0.15) is 19.8 Å². The number of carbonyl (C=O) groups is 1. The summed E-state index contributed by atoms with van der Waals surface area (Å²) < 4.78 is 67.7. The molecule has 1 saturated heterocycles. The molecule has 1 amide bonds. The lowest BCUT2D eigenvalue weighted by molar-refractivity contribution is -0.114. The van der Waals surface area contributed by atoms with Crippen molar-refractivity contribution in [2.24, 2.45) is 0 Å². The fraction of sp³-hybridized carbons (Fsp3) is 0.269. The number of hydrogen-bond acceptors (Lipinski definition) is 9. The third kappa shape index (κ3) is 5.98. The fourth-order valence-corrected chi connectivity index (χ4v) is 7.12. The van der Waals surface area contributed by atoms with Crippen LogP contribution in [0.2, 0.25) is 0 Å². The first-order valence-electron chi connectivity index (χ1n) is 12.2. The number of anilines is 2. The highest BCUT2D eigenvalue weighted by Crippen LogP contribution is 2.51. The second-order valence-corrected chi connectivity index (χ2v) is 12.7. The van der Waals surface area contributed by atoms with Crippen LogP contribution in [0.5, 0.6) is 11.5 Å². The molecule has 3 aromatic carbocycles. The highest BCUT2D eigenvalue weighted by molar-refractivity contribution is 8.22. The maximum absolute atomic E-state index is 13.6. The number of nitrogens with one attached hydrogen (secondary N) is 1. The van der Waals surface area contributed by atoms with E-state index in [1.54, 1.807) is 46.8 Å². The Kier molecular flexibility index (Phi) is 7.98. The summed E-state index contributed by atoms with van der Waals surface area (Å²) in [4.78, 5) is 13.4. The molecule has 1 fully saturated rings. The SMILES string of the molecule is O=C(CN(c1ccc2c(c1)OCCO2)S(=O)(=O)c1ccccc1)Nc1ccc(S(O)(O)N2CCOCC2)cc1. The maximum atomic E-state index is 13.6. The third-order valence-electron chi connectivity index (χ3n) is 6.22. The van der Waals surface area contributed by atoms with Crippen LogP contribution in [0.1, 0.15) is 0 Å². The predicted octanol–water partition coefficient (Wildman–Crippen LogP) is 3.65. The van der Waals surface area contributed by atoms with Crippen molar-refractivity contribution in [3.8, 4) is 11.5 Å². The molecule has 0 saturated carbocycles. The molecular weight excluding hydrogens is 546 g/mol. The molecule has 208 valence electrons. The zero-order valence-electron chi connectivity index (χ0n) is 20.9. The molecule has 3 N–H and O–H groups in total. The number of rotatable bonds is 8. The molecule has 0 bridgehead atoms. The summed E-state index contributed by atoms with van der Waals surface area (Å²) in [5.41, 5.74) is 0.619. The van der Waals surface area contributed by atoms with Crippen LogP contribution in [0.25, 0.3) is 0 Å². The molecule has 0 unspecified atom stereocenters. The molecule has 0 aromatic heterocycles. The number of fused-ring (bicyclic) bond motifs is 1. The third-order valence-corrected chi connectivity index (χ3v) is 9.99. The van der Waals surface area contributed by atoms with Crippen molar-refractivity contribution in [3.05, 3.63) is 72.8 Å².